The molecule has 0 radical (unpaired) electrons. The highest BCUT2D eigenvalue weighted by Crippen LogP contribution is 2.27. The van der Waals surface area contributed by atoms with Crippen molar-refractivity contribution in [1.82, 2.24) is 0 Å². The second-order valence-corrected chi connectivity index (χ2v) is 4.61. The van der Waals surface area contributed by atoms with Crippen LogP contribution in [0.5, 0.6) is 0 Å². The molecule has 7 nitrogen and oxygen atoms in total. The molecule has 0 unspecified atom stereocenters. The zero-order valence-corrected chi connectivity index (χ0v) is 11.4. The van der Waals surface area contributed by atoms with E-state index in [1.807, 2.05) is 0 Å². The molecule has 0 spiro atoms. The summed E-state index contributed by atoms with van der Waals surface area (Å²) < 4.78 is 0. The van der Waals surface area contributed by atoms with E-state index < -0.39 is 9.85 Å². The van der Waals surface area contributed by atoms with Crippen molar-refractivity contribution in [2.24, 2.45) is 0 Å². The lowest BCUT2D eigenvalue weighted by Gasteiger charge is -2.08. The number of hydrogen-bond acceptors (Lipinski definition) is 5. The summed E-state index contributed by atoms with van der Waals surface area (Å²) >= 11 is 5.96. The molecule has 8 heteroatoms. The molecule has 108 valence electrons. The van der Waals surface area contributed by atoms with Crippen molar-refractivity contribution in [3.63, 3.8) is 0 Å². The van der Waals surface area contributed by atoms with Gasteiger partial charge in [0.15, 0.2) is 0 Å². The van der Waals surface area contributed by atoms with E-state index in [1.54, 1.807) is 12.1 Å². The van der Waals surface area contributed by atoms with Gasteiger partial charge >= 0.3 is 0 Å². The van der Waals surface area contributed by atoms with Crippen LogP contribution in [0, 0.1) is 20.2 Å². The zero-order valence-electron chi connectivity index (χ0n) is 10.7. The second-order valence-electron chi connectivity index (χ2n) is 4.20. The van der Waals surface area contributed by atoms with Gasteiger partial charge in [0.05, 0.1) is 20.6 Å². The van der Waals surface area contributed by atoms with E-state index in [4.69, 9.17) is 11.6 Å². The van der Waals surface area contributed by atoms with Crippen LogP contribution in [-0.4, -0.2) is 9.85 Å². The molecule has 0 atom stereocenters. The predicted octanol–water partition coefficient (Wildman–Crippen LogP) is 3.77. The van der Waals surface area contributed by atoms with Gasteiger partial charge in [-0.15, -0.1) is 0 Å². The topological polar surface area (TPSA) is 98.3 Å². The van der Waals surface area contributed by atoms with Crippen molar-refractivity contribution in [1.29, 1.82) is 0 Å². The summed E-state index contributed by atoms with van der Waals surface area (Å²) in [5, 5.41) is 24.7. The number of halogens is 1. The SMILES string of the molecule is O=[N+]([O-])c1cccc(CNc2cc([N+](=O)[O-])ccc2Cl)c1. The Balaban J connectivity index is 2.16. The third-order valence-corrected chi connectivity index (χ3v) is 3.09. The summed E-state index contributed by atoms with van der Waals surface area (Å²) in [5.74, 6) is 0. The van der Waals surface area contributed by atoms with E-state index >= 15 is 0 Å². The Morgan fingerprint density at radius 2 is 1.67 bits per heavy atom. The van der Waals surface area contributed by atoms with E-state index in [0.717, 1.165) is 0 Å². The summed E-state index contributed by atoms with van der Waals surface area (Å²) in [6.45, 7) is 0.266. The number of non-ortho nitro benzene ring substituents is 2. The maximum absolute atomic E-state index is 10.7. The first-order chi connectivity index (χ1) is 9.97. The molecule has 0 heterocycles. The summed E-state index contributed by atoms with van der Waals surface area (Å²) in [7, 11) is 0. The Hall–Kier alpha value is -2.67. The smallest absolute Gasteiger partial charge is 0.271 e. The Kier molecular flexibility index (Phi) is 4.34. The predicted molar refractivity (Wildman–Crippen MR) is 78.5 cm³/mol. The van der Waals surface area contributed by atoms with E-state index in [-0.39, 0.29) is 17.9 Å². The first-order valence-corrected chi connectivity index (χ1v) is 6.26. The molecule has 0 aliphatic rings. The lowest BCUT2D eigenvalue weighted by Crippen LogP contribution is -2.01. The van der Waals surface area contributed by atoms with E-state index in [1.165, 1.54) is 30.3 Å². The first-order valence-electron chi connectivity index (χ1n) is 5.88. The lowest BCUT2D eigenvalue weighted by molar-refractivity contribution is -0.385. The molecular formula is C13H10ClN3O4. The maximum atomic E-state index is 10.7. The standard InChI is InChI=1S/C13H10ClN3O4/c14-12-5-4-11(17(20)21)7-13(12)15-8-9-2-1-3-10(6-9)16(18)19/h1-7,15H,8H2. The largest absolute Gasteiger partial charge is 0.380 e. The first kappa shape index (κ1) is 14.7. The van der Waals surface area contributed by atoms with Crippen molar-refractivity contribution >= 4 is 28.7 Å². The van der Waals surface area contributed by atoms with Gasteiger partial charge in [0.1, 0.15) is 0 Å². The number of nitro groups is 2. The number of nitro benzene ring substituents is 2. The Morgan fingerprint density at radius 1 is 1.00 bits per heavy atom. The van der Waals surface area contributed by atoms with Crippen molar-refractivity contribution in [2.45, 2.75) is 6.54 Å². The normalized spacial score (nSPS) is 10.1. The quantitative estimate of drug-likeness (QED) is 0.669. The van der Waals surface area contributed by atoms with Crippen LogP contribution in [0.2, 0.25) is 5.02 Å². The van der Waals surface area contributed by atoms with Crippen LogP contribution in [0.1, 0.15) is 5.56 Å². The third-order valence-electron chi connectivity index (χ3n) is 2.77. The number of benzene rings is 2. The number of hydrogen-bond donors (Lipinski definition) is 1. The molecule has 0 amide bonds. The summed E-state index contributed by atoms with van der Waals surface area (Å²) in [4.78, 5) is 20.4. The fraction of sp³-hybridized carbons (Fsp3) is 0.0769. The van der Waals surface area contributed by atoms with Crippen LogP contribution < -0.4 is 5.32 Å². The van der Waals surface area contributed by atoms with Crippen molar-refractivity contribution < 1.29 is 9.85 Å². The van der Waals surface area contributed by atoms with Gasteiger partial charge in [-0.1, -0.05) is 23.7 Å². The molecule has 0 aliphatic carbocycles. The number of nitrogens with zero attached hydrogens (tertiary/aromatic N) is 2. The minimum atomic E-state index is -0.519. The molecule has 21 heavy (non-hydrogen) atoms. The summed E-state index contributed by atoms with van der Waals surface area (Å²) in [5.41, 5.74) is 0.976. The summed E-state index contributed by atoms with van der Waals surface area (Å²) in [6, 6.07) is 10.2. The molecule has 2 rings (SSSR count). The van der Waals surface area contributed by atoms with Gasteiger partial charge in [-0.3, -0.25) is 20.2 Å². The molecule has 0 bridgehead atoms. The van der Waals surface area contributed by atoms with Gasteiger partial charge in [-0.2, -0.15) is 0 Å². The zero-order chi connectivity index (χ0) is 15.4. The minimum absolute atomic E-state index is 0.0144. The molecule has 0 aliphatic heterocycles. The van der Waals surface area contributed by atoms with Gasteiger partial charge in [-0.25, -0.2) is 0 Å². The molecule has 0 saturated carbocycles. The van der Waals surface area contributed by atoms with Gasteiger partial charge in [0, 0.05) is 30.8 Å². The number of rotatable bonds is 5. The molecule has 2 aromatic carbocycles. The van der Waals surface area contributed by atoms with Gasteiger partial charge in [0.2, 0.25) is 0 Å². The molecular weight excluding hydrogens is 298 g/mol. The van der Waals surface area contributed by atoms with E-state index in [9.17, 15) is 20.2 Å². The summed E-state index contributed by atoms with van der Waals surface area (Å²) in [6.07, 6.45) is 0. The lowest BCUT2D eigenvalue weighted by atomic mass is 10.2. The van der Waals surface area contributed by atoms with Gasteiger partial charge in [-0.05, 0) is 11.6 Å². The van der Waals surface area contributed by atoms with Crippen LogP contribution >= 0.6 is 11.6 Å². The number of anilines is 1. The Labute approximate surface area is 124 Å². The molecule has 0 saturated heterocycles. The average Bonchev–Trinajstić information content (AvgIpc) is 2.46. The maximum Gasteiger partial charge on any atom is 0.271 e. The van der Waals surface area contributed by atoms with Crippen molar-refractivity contribution in [2.75, 3.05) is 5.32 Å². The van der Waals surface area contributed by atoms with Crippen molar-refractivity contribution in [3.8, 4) is 0 Å². The molecule has 0 fully saturated rings. The number of nitrogens with one attached hydrogen (secondary N) is 1. The van der Waals surface area contributed by atoms with Crippen LogP contribution in [0.4, 0.5) is 17.1 Å². The van der Waals surface area contributed by atoms with Gasteiger partial charge < -0.3 is 5.32 Å². The van der Waals surface area contributed by atoms with Crippen LogP contribution in [-0.2, 0) is 6.54 Å². The fourth-order valence-electron chi connectivity index (χ4n) is 1.74. The highest BCUT2D eigenvalue weighted by atomic mass is 35.5. The third kappa shape index (κ3) is 3.67. The minimum Gasteiger partial charge on any atom is -0.380 e. The molecule has 1 N–H and O–H groups in total. The molecule has 0 aromatic heterocycles. The second kappa shape index (κ2) is 6.19. The Bertz CT molecular complexity index is 706. The highest BCUT2D eigenvalue weighted by molar-refractivity contribution is 6.33. The average molecular weight is 308 g/mol. The van der Waals surface area contributed by atoms with Crippen LogP contribution in [0.3, 0.4) is 0 Å². The monoisotopic (exact) mass is 307 g/mol. The van der Waals surface area contributed by atoms with E-state index in [0.29, 0.717) is 16.3 Å². The van der Waals surface area contributed by atoms with Gasteiger partial charge in [0.25, 0.3) is 11.4 Å². The highest BCUT2D eigenvalue weighted by Gasteiger charge is 2.10. The Morgan fingerprint density at radius 3 is 2.33 bits per heavy atom. The fourth-order valence-corrected chi connectivity index (χ4v) is 1.92. The van der Waals surface area contributed by atoms with Crippen molar-refractivity contribution in [3.05, 3.63) is 73.3 Å². The van der Waals surface area contributed by atoms with E-state index in [2.05, 4.69) is 5.32 Å². The molecule has 2 aromatic rings. The van der Waals surface area contributed by atoms with Crippen LogP contribution in [0.25, 0.3) is 0 Å². The van der Waals surface area contributed by atoms with Crippen LogP contribution in [0.15, 0.2) is 42.5 Å².